The Kier molecular flexibility index (Phi) is 9.03. The minimum absolute atomic E-state index is 0.630. The summed E-state index contributed by atoms with van der Waals surface area (Å²) in [7, 11) is 0. The molecule has 0 saturated carbocycles. The van der Waals surface area contributed by atoms with Gasteiger partial charge in [0.05, 0.1) is 10.2 Å². The molecule has 0 aliphatic carbocycles. The van der Waals surface area contributed by atoms with Gasteiger partial charge in [-0.05, 0) is 57.1 Å². The van der Waals surface area contributed by atoms with Gasteiger partial charge in [-0.15, -0.1) is 11.3 Å². The Bertz CT molecular complexity index is 3000. The number of rotatable bonds is 8. The van der Waals surface area contributed by atoms with E-state index in [9.17, 15) is 0 Å². The van der Waals surface area contributed by atoms with Crippen molar-refractivity contribution in [1.29, 1.82) is 0 Å². The van der Waals surface area contributed by atoms with Crippen LogP contribution in [0.2, 0.25) is 0 Å². The molecule has 0 atom stereocenters. The SMILES string of the molecule is c1ccc(-c2nc(-c3ccc(-c4cccc(-c5cccc(-c6cccc7nc(-c8ccccc8)sc67)c5)c4)cc3)nc(-c3ccccc3-c3ccccc3)n2)cc1. The van der Waals surface area contributed by atoms with Crippen molar-refractivity contribution in [1.82, 2.24) is 19.9 Å². The van der Waals surface area contributed by atoms with Gasteiger partial charge in [0, 0.05) is 27.8 Å². The quantitative estimate of drug-likeness (QED) is 0.155. The lowest BCUT2D eigenvalue weighted by molar-refractivity contribution is 1.07. The number of hydrogen-bond acceptors (Lipinski definition) is 5. The van der Waals surface area contributed by atoms with E-state index in [1.54, 1.807) is 11.3 Å². The maximum atomic E-state index is 5.09. The molecule has 2 aromatic heterocycles. The molecule has 0 aliphatic heterocycles. The summed E-state index contributed by atoms with van der Waals surface area (Å²) < 4.78 is 1.20. The molecule has 0 fully saturated rings. The first kappa shape index (κ1) is 34.2. The Balaban J connectivity index is 0.979. The Morgan fingerprint density at radius 3 is 1.37 bits per heavy atom. The van der Waals surface area contributed by atoms with Crippen molar-refractivity contribution in [2.45, 2.75) is 0 Å². The molecule has 0 saturated heterocycles. The molecule has 0 spiro atoms. The highest BCUT2D eigenvalue weighted by molar-refractivity contribution is 7.22. The second kappa shape index (κ2) is 15.1. The monoisotopic (exact) mass is 746 g/mol. The molecule has 57 heavy (non-hydrogen) atoms. The average molecular weight is 747 g/mol. The summed E-state index contributed by atoms with van der Waals surface area (Å²) in [6.07, 6.45) is 0. The summed E-state index contributed by atoms with van der Waals surface area (Å²) in [5, 5.41) is 1.04. The van der Waals surface area contributed by atoms with Gasteiger partial charge in [-0.2, -0.15) is 0 Å². The highest BCUT2D eigenvalue weighted by Crippen LogP contribution is 2.39. The molecule has 0 unspecified atom stereocenters. The third-order valence-electron chi connectivity index (χ3n) is 10.2. The predicted molar refractivity (Wildman–Crippen MR) is 236 cm³/mol. The zero-order valence-corrected chi connectivity index (χ0v) is 31.6. The van der Waals surface area contributed by atoms with Crippen molar-refractivity contribution in [3.63, 3.8) is 0 Å². The van der Waals surface area contributed by atoms with Crippen molar-refractivity contribution >= 4 is 21.6 Å². The summed E-state index contributed by atoms with van der Waals surface area (Å²) in [5.74, 6) is 1.91. The van der Waals surface area contributed by atoms with Crippen molar-refractivity contribution in [3.05, 3.63) is 206 Å². The summed E-state index contributed by atoms with van der Waals surface area (Å²) in [4.78, 5) is 20.1. The van der Waals surface area contributed by atoms with Crippen LogP contribution in [0.1, 0.15) is 0 Å². The molecular formula is C52H34N4S. The fourth-order valence-corrected chi connectivity index (χ4v) is 8.43. The Morgan fingerprint density at radius 1 is 0.263 bits per heavy atom. The molecule has 268 valence electrons. The van der Waals surface area contributed by atoms with Crippen molar-refractivity contribution < 1.29 is 0 Å². The number of aromatic nitrogens is 4. The van der Waals surface area contributed by atoms with Crippen LogP contribution >= 0.6 is 11.3 Å². The zero-order valence-electron chi connectivity index (χ0n) is 30.8. The second-order valence-electron chi connectivity index (χ2n) is 13.9. The van der Waals surface area contributed by atoms with Gasteiger partial charge in [0.15, 0.2) is 17.5 Å². The van der Waals surface area contributed by atoms with Gasteiger partial charge in [-0.3, -0.25) is 0 Å². The van der Waals surface area contributed by atoms with Crippen LogP contribution < -0.4 is 0 Å². The number of nitrogens with zero attached hydrogens (tertiary/aromatic N) is 4. The summed E-state index contributed by atoms with van der Waals surface area (Å²) in [6, 6.07) is 71.7. The molecule has 5 heteroatoms. The van der Waals surface area contributed by atoms with Gasteiger partial charge >= 0.3 is 0 Å². The number of fused-ring (bicyclic) bond motifs is 1. The van der Waals surface area contributed by atoms with Gasteiger partial charge in [-0.25, -0.2) is 19.9 Å². The molecule has 0 aliphatic rings. The molecular weight excluding hydrogens is 713 g/mol. The Hall–Kier alpha value is -7.34. The van der Waals surface area contributed by atoms with Crippen LogP contribution in [-0.4, -0.2) is 19.9 Å². The van der Waals surface area contributed by atoms with Crippen molar-refractivity contribution in [3.8, 4) is 89.2 Å². The van der Waals surface area contributed by atoms with E-state index in [0.29, 0.717) is 17.5 Å². The summed E-state index contributed by atoms with van der Waals surface area (Å²) in [6.45, 7) is 0. The fourth-order valence-electron chi connectivity index (χ4n) is 7.33. The van der Waals surface area contributed by atoms with Crippen molar-refractivity contribution in [2.24, 2.45) is 0 Å². The second-order valence-corrected chi connectivity index (χ2v) is 14.9. The summed E-state index contributed by atoms with van der Waals surface area (Å²) in [5.41, 5.74) is 14.1. The maximum absolute atomic E-state index is 5.09. The lowest BCUT2D eigenvalue weighted by atomic mass is 9.96. The maximum Gasteiger partial charge on any atom is 0.164 e. The third kappa shape index (κ3) is 6.93. The number of thiazole rings is 1. The first-order chi connectivity index (χ1) is 28.2. The largest absolute Gasteiger partial charge is 0.236 e. The van der Waals surface area contributed by atoms with E-state index < -0.39 is 0 Å². The van der Waals surface area contributed by atoms with Crippen LogP contribution in [0.15, 0.2) is 206 Å². The Labute approximate surface area is 335 Å². The van der Waals surface area contributed by atoms with Crippen LogP contribution in [0.4, 0.5) is 0 Å². The van der Waals surface area contributed by atoms with E-state index >= 15 is 0 Å². The number of benzene rings is 8. The average Bonchev–Trinajstić information content (AvgIpc) is 3.75. The minimum atomic E-state index is 0.630. The third-order valence-corrected chi connectivity index (χ3v) is 11.4. The molecule has 8 aromatic carbocycles. The van der Waals surface area contributed by atoms with E-state index in [2.05, 4.69) is 158 Å². The smallest absolute Gasteiger partial charge is 0.164 e. The highest BCUT2D eigenvalue weighted by atomic mass is 32.1. The Morgan fingerprint density at radius 2 is 0.702 bits per heavy atom. The standard InChI is InChI=1S/C52H34N4S/c1-4-15-36(16-5-1)44-25-10-11-26-46(44)51-55-49(37-17-6-2-7-18-37)54-50(56-51)38-31-29-35(30-32-38)40-21-12-22-41(33-40)42-23-13-24-43(34-42)45-27-14-28-47-48(45)57-52(53-47)39-19-8-3-9-20-39/h1-34H. The fraction of sp³-hybridized carbons (Fsp3) is 0. The first-order valence-corrected chi connectivity index (χ1v) is 19.8. The normalized spacial score (nSPS) is 11.2. The molecule has 0 N–H and O–H groups in total. The van der Waals surface area contributed by atoms with Crippen LogP contribution in [0.25, 0.3) is 99.5 Å². The van der Waals surface area contributed by atoms with E-state index in [1.807, 2.05) is 48.5 Å². The van der Waals surface area contributed by atoms with Crippen molar-refractivity contribution in [2.75, 3.05) is 0 Å². The lowest BCUT2D eigenvalue weighted by Crippen LogP contribution is -2.01. The van der Waals surface area contributed by atoms with E-state index in [1.165, 1.54) is 15.8 Å². The van der Waals surface area contributed by atoms with Crippen LogP contribution in [0, 0.1) is 0 Å². The van der Waals surface area contributed by atoms with Gasteiger partial charge < -0.3 is 0 Å². The van der Waals surface area contributed by atoms with Gasteiger partial charge in [0.2, 0.25) is 0 Å². The van der Waals surface area contributed by atoms with E-state index in [4.69, 9.17) is 19.9 Å². The van der Waals surface area contributed by atoms with Gasteiger partial charge in [-0.1, -0.05) is 188 Å². The number of hydrogen-bond donors (Lipinski definition) is 0. The van der Waals surface area contributed by atoms with Gasteiger partial charge in [0.25, 0.3) is 0 Å². The molecule has 0 radical (unpaired) electrons. The van der Waals surface area contributed by atoms with Crippen LogP contribution in [0.3, 0.4) is 0 Å². The van der Waals surface area contributed by atoms with E-state index in [-0.39, 0.29) is 0 Å². The van der Waals surface area contributed by atoms with Crippen LogP contribution in [0.5, 0.6) is 0 Å². The lowest BCUT2D eigenvalue weighted by Gasteiger charge is -2.12. The van der Waals surface area contributed by atoms with Gasteiger partial charge in [0.1, 0.15) is 5.01 Å². The zero-order chi connectivity index (χ0) is 38.0. The topological polar surface area (TPSA) is 51.6 Å². The predicted octanol–water partition coefficient (Wildman–Crippen LogP) is 13.8. The summed E-state index contributed by atoms with van der Waals surface area (Å²) >= 11 is 1.75. The molecule has 2 heterocycles. The van der Waals surface area contributed by atoms with Crippen LogP contribution in [-0.2, 0) is 0 Å². The van der Waals surface area contributed by atoms with E-state index in [0.717, 1.165) is 66.2 Å². The highest BCUT2D eigenvalue weighted by Gasteiger charge is 2.16. The first-order valence-electron chi connectivity index (χ1n) is 19.0. The molecule has 0 amide bonds. The molecule has 10 rings (SSSR count). The molecule has 4 nitrogen and oxygen atoms in total. The minimum Gasteiger partial charge on any atom is -0.236 e. The molecule has 0 bridgehead atoms. The molecule has 10 aromatic rings.